The molecular formula is C23H25FN4O3S2. The van der Waals surface area contributed by atoms with E-state index in [1.54, 1.807) is 10.6 Å². The number of sulfone groups is 1. The molecule has 0 aliphatic carbocycles. The molecule has 0 fully saturated rings. The first kappa shape index (κ1) is 23.4. The lowest BCUT2D eigenvalue weighted by molar-refractivity contribution is 0.512. The van der Waals surface area contributed by atoms with Gasteiger partial charge in [0.2, 0.25) is 5.78 Å². The summed E-state index contributed by atoms with van der Waals surface area (Å²) in [4.78, 5) is 13.2. The van der Waals surface area contributed by atoms with Crippen LogP contribution in [0.4, 0.5) is 4.39 Å². The minimum absolute atomic E-state index is 0.0534. The van der Waals surface area contributed by atoms with Crippen LogP contribution in [0.25, 0.3) is 16.7 Å². The number of benzene rings is 2. The van der Waals surface area contributed by atoms with Gasteiger partial charge in [0.25, 0.3) is 5.56 Å². The van der Waals surface area contributed by atoms with Crippen LogP contribution in [-0.2, 0) is 16.4 Å². The minimum atomic E-state index is -3.49. The summed E-state index contributed by atoms with van der Waals surface area (Å²) in [5.41, 5.74) is 0.637. The first-order valence-electron chi connectivity index (χ1n) is 10.8. The average Bonchev–Trinajstić information content (AvgIpc) is 3.21. The lowest BCUT2D eigenvalue weighted by Gasteiger charge is -2.12. The quantitative estimate of drug-likeness (QED) is 0.200. The number of halogens is 1. The second-order valence-electron chi connectivity index (χ2n) is 8.25. The minimum Gasteiger partial charge on any atom is -0.276 e. The van der Waals surface area contributed by atoms with Crippen molar-refractivity contribution in [1.82, 2.24) is 19.2 Å². The van der Waals surface area contributed by atoms with E-state index in [2.05, 4.69) is 24.0 Å². The van der Waals surface area contributed by atoms with E-state index in [9.17, 15) is 17.6 Å². The fraction of sp³-hybridized carbons (Fsp3) is 0.348. The Morgan fingerprint density at radius 1 is 1.06 bits per heavy atom. The molecule has 0 bridgehead atoms. The Hall–Kier alpha value is -2.72. The van der Waals surface area contributed by atoms with Crippen molar-refractivity contribution >= 4 is 38.3 Å². The van der Waals surface area contributed by atoms with Crippen molar-refractivity contribution in [2.75, 3.05) is 11.5 Å². The van der Waals surface area contributed by atoms with Crippen LogP contribution in [0.1, 0.15) is 26.7 Å². The molecule has 0 saturated carbocycles. The highest BCUT2D eigenvalue weighted by atomic mass is 32.2. The van der Waals surface area contributed by atoms with Crippen LogP contribution >= 0.6 is 11.8 Å². The van der Waals surface area contributed by atoms with Crippen LogP contribution in [0.2, 0.25) is 0 Å². The number of hydrogen-bond acceptors (Lipinski definition) is 6. The van der Waals surface area contributed by atoms with Gasteiger partial charge in [-0.15, -0.1) is 10.2 Å². The molecule has 0 unspecified atom stereocenters. The maximum atomic E-state index is 13.1. The van der Waals surface area contributed by atoms with Crippen molar-refractivity contribution in [2.45, 2.75) is 43.3 Å². The number of hydrogen-bond donors (Lipinski definition) is 0. The summed E-state index contributed by atoms with van der Waals surface area (Å²) < 4.78 is 41.6. The van der Waals surface area contributed by atoms with E-state index in [1.807, 2.05) is 22.6 Å². The molecule has 0 radical (unpaired) electrons. The van der Waals surface area contributed by atoms with Gasteiger partial charge in [-0.05, 0) is 55.2 Å². The summed E-state index contributed by atoms with van der Waals surface area (Å²) in [7, 11) is -3.49. The lowest BCUT2D eigenvalue weighted by atomic mass is 10.1. The summed E-state index contributed by atoms with van der Waals surface area (Å²) >= 11 is 1.40. The van der Waals surface area contributed by atoms with Crippen molar-refractivity contribution in [2.24, 2.45) is 5.92 Å². The standard InChI is InChI=1S/C23H25FN4O3S2/c1-16(2)12-13-27-21(29)19-6-3-4-7-20(19)28-22(27)25-26-23(28)32-14-5-15-33(30,31)18-10-8-17(24)9-11-18/h3-4,6-11,16H,5,12-15H2,1-2H3. The number of aryl methyl sites for hydroxylation is 1. The molecule has 2 aromatic heterocycles. The van der Waals surface area contributed by atoms with Crippen LogP contribution < -0.4 is 5.56 Å². The fourth-order valence-electron chi connectivity index (χ4n) is 3.59. The Balaban J connectivity index is 1.57. The summed E-state index contributed by atoms with van der Waals surface area (Å²) in [6.07, 6.45) is 1.23. The third-order valence-corrected chi connectivity index (χ3v) is 8.20. The topological polar surface area (TPSA) is 86.3 Å². The van der Waals surface area contributed by atoms with Crippen LogP contribution in [0.15, 0.2) is 63.4 Å². The van der Waals surface area contributed by atoms with Crippen molar-refractivity contribution < 1.29 is 12.8 Å². The molecule has 174 valence electrons. The largest absolute Gasteiger partial charge is 0.276 e. The van der Waals surface area contributed by atoms with E-state index in [0.29, 0.717) is 41.0 Å². The molecule has 0 N–H and O–H groups in total. The zero-order chi connectivity index (χ0) is 23.6. The molecule has 0 spiro atoms. The van der Waals surface area contributed by atoms with Crippen molar-refractivity contribution in [3.63, 3.8) is 0 Å². The maximum Gasteiger partial charge on any atom is 0.262 e. The Kier molecular flexibility index (Phi) is 6.85. The van der Waals surface area contributed by atoms with Gasteiger partial charge in [-0.1, -0.05) is 37.7 Å². The number of rotatable bonds is 9. The first-order valence-corrected chi connectivity index (χ1v) is 13.4. The number of nitrogens with zero attached hydrogens (tertiary/aromatic N) is 4. The monoisotopic (exact) mass is 488 g/mol. The first-order chi connectivity index (χ1) is 15.8. The molecule has 33 heavy (non-hydrogen) atoms. The Morgan fingerprint density at radius 3 is 2.52 bits per heavy atom. The molecule has 0 amide bonds. The fourth-order valence-corrected chi connectivity index (χ4v) is 5.96. The molecule has 7 nitrogen and oxygen atoms in total. The molecule has 0 aliphatic heterocycles. The SMILES string of the molecule is CC(C)CCn1c(=O)c2ccccc2n2c(SCCCS(=O)(=O)c3ccc(F)cc3)nnc12. The van der Waals surface area contributed by atoms with Crippen molar-refractivity contribution in [1.29, 1.82) is 0 Å². The zero-order valence-corrected chi connectivity index (χ0v) is 20.1. The average molecular weight is 489 g/mol. The van der Waals surface area contributed by atoms with E-state index >= 15 is 0 Å². The number of fused-ring (bicyclic) bond motifs is 3. The van der Waals surface area contributed by atoms with E-state index in [4.69, 9.17) is 0 Å². The lowest BCUT2D eigenvalue weighted by Crippen LogP contribution is -2.24. The molecule has 4 aromatic rings. The number of aromatic nitrogens is 4. The Morgan fingerprint density at radius 2 is 1.79 bits per heavy atom. The molecule has 0 saturated heterocycles. The Labute approximate surface area is 195 Å². The summed E-state index contributed by atoms with van der Waals surface area (Å²) in [5, 5.41) is 9.80. The molecule has 0 aliphatic rings. The highest BCUT2D eigenvalue weighted by Crippen LogP contribution is 2.23. The van der Waals surface area contributed by atoms with Crippen molar-refractivity contribution in [3.8, 4) is 0 Å². The van der Waals surface area contributed by atoms with Crippen LogP contribution in [-0.4, -0.2) is 39.1 Å². The molecule has 10 heteroatoms. The Bertz CT molecular complexity index is 1440. The highest BCUT2D eigenvalue weighted by molar-refractivity contribution is 7.99. The van der Waals surface area contributed by atoms with Gasteiger partial charge in [-0.2, -0.15) is 0 Å². The summed E-state index contributed by atoms with van der Waals surface area (Å²) in [5.74, 6) is 0.898. The van der Waals surface area contributed by atoms with Gasteiger partial charge in [0.1, 0.15) is 5.82 Å². The third kappa shape index (κ3) is 4.96. The van der Waals surface area contributed by atoms with Gasteiger partial charge >= 0.3 is 0 Å². The van der Waals surface area contributed by atoms with Gasteiger partial charge in [-0.3, -0.25) is 13.8 Å². The summed E-state index contributed by atoms with van der Waals surface area (Å²) in [6.45, 7) is 4.76. The van der Waals surface area contributed by atoms with Gasteiger partial charge in [0.15, 0.2) is 15.0 Å². The van der Waals surface area contributed by atoms with Gasteiger partial charge in [-0.25, -0.2) is 12.8 Å². The highest BCUT2D eigenvalue weighted by Gasteiger charge is 2.18. The molecule has 2 aromatic carbocycles. The molecule has 2 heterocycles. The van der Waals surface area contributed by atoms with Gasteiger partial charge in [0.05, 0.1) is 21.6 Å². The van der Waals surface area contributed by atoms with E-state index < -0.39 is 15.7 Å². The maximum absolute atomic E-state index is 13.1. The van der Waals surface area contributed by atoms with E-state index in [1.165, 1.54) is 23.9 Å². The second kappa shape index (κ2) is 9.64. The number of para-hydroxylation sites is 1. The number of thioether (sulfide) groups is 1. The predicted molar refractivity (Wildman–Crippen MR) is 128 cm³/mol. The predicted octanol–water partition coefficient (Wildman–Crippen LogP) is 4.19. The third-order valence-electron chi connectivity index (χ3n) is 5.37. The van der Waals surface area contributed by atoms with E-state index in [-0.39, 0.29) is 16.2 Å². The normalized spacial score (nSPS) is 12.2. The molecular weight excluding hydrogens is 463 g/mol. The van der Waals surface area contributed by atoms with Crippen LogP contribution in [0, 0.1) is 11.7 Å². The molecule has 4 rings (SSSR count). The van der Waals surface area contributed by atoms with Gasteiger partial charge < -0.3 is 0 Å². The van der Waals surface area contributed by atoms with Crippen LogP contribution in [0.3, 0.4) is 0 Å². The molecule has 0 atom stereocenters. The smallest absolute Gasteiger partial charge is 0.262 e. The van der Waals surface area contributed by atoms with Gasteiger partial charge in [0, 0.05) is 12.3 Å². The second-order valence-corrected chi connectivity index (χ2v) is 11.4. The van der Waals surface area contributed by atoms with Crippen LogP contribution in [0.5, 0.6) is 0 Å². The van der Waals surface area contributed by atoms with E-state index in [0.717, 1.165) is 24.1 Å². The summed E-state index contributed by atoms with van der Waals surface area (Å²) in [6, 6.07) is 12.2. The van der Waals surface area contributed by atoms with Crippen molar-refractivity contribution in [3.05, 3.63) is 64.7 Å². The zero-order valence-electron chi connectivity index (χ0n) is 18.4.